The van der Waals surface area contributed by atoms with Gasteiger partial charge in [-0.05, 0) is 49.4 Å². The highest BCUT2D eigenvalue weighted by molar-refractivity contribution is 7.98. The number of aliphatic hydroxyl groups is 1. The van der Waals surface area contributed by atoms with Crippen LogP contribution in [-0.4, -0.2) is 40.2 Å². The summed E-state index contributed by atoms with van der Waals surface area (Å²) < 4.78 is 0. The second-order valence-electron chi connectivity index (χ2n) is 6.22. The minimum Gasteiger partial charge on any atom is -0.374 e. The van der Waals surface area contributed by atoms with Gasteiger partial charge in [0.15, 0.2) is 0 Å². The maximum atomic E-state index is 12.6. The molecule has 0 saturated carbocycles. The summed E-state index contributed by atoms with van der Waals surface area (Å²) in [7, 11) is 0. The number of aromatic nitrogens is 1. The van der Waals surface area contributed by atoms with E-state index in [1.807, 2.05) is 11.2 Å². The van der Waals surface area contributed by atoms with Crippen molar-refractivity contribution in [2.45, 2.75) is 30.5 Å². The van der Waals surface area contributed by atoms with Gasteiger partial charge in [0.2, 0.25) is 0 Å². The SMILES string of the molecule is CSc1ncccc1C(=O)Nc1ccc(Cl)c(C(O)N2CCCCC2)c1. The number of amides is 1. The molecule has 1 aliphatic rings. The number of hydrogen-bond acceptors (Lipinski definition) is 5. The molecule has 1 saturated heterocycles. The first kappa shape index (κ1) is 19.2. The molecular formula is C19H22ClN3O2S. The van der Waals surface area contributed by atoms with Crippen LogP contribution in [0, 0.1) is 0 Å². The molecule has 1 aliphatic heterocycles. The highest BCUT2D eigenvalue weighted by Crippen LogP contribution is 2.30. The summed E-state index contributed by atoms with van der Waals surface area (Å²) in [6.07, 6.45) is 6.12. The van der Waals surface area contributed by atoms with Crippen LogP contribution < -0.4 is 5.32 Å². The van der Waals surface area contributed by atoms with Crippen LogP contribution in [-0.2, 0) is 0 Å². The Bertz CT molecular complexity index is 781. The van der Waals surface area contributed by atoms with Crippen molar-refractivity contribution in [3.8, 4) is 0 Å². The minimum absolute atomic E-state index is 0.233. The minimum atomic E-state index is -0.764. The van der Waals surface area contributed by atoms with E-state index in [2.05, 4.69) is 10.3 Å². The number of pyridine rings is 1. The standard InChI is InChI=1S/C19H22ClN3O2S/c1-26-18-14(6-5-9-21-18)17(24)22-13-7-8-16(20)15(12-13)19(25)23-10-3-2-4-11-23/h5-9,12,19,25H,2-4,10-11H2,1H3,(H,22,24). The lowest BCUT2D eigenvalue weighted by Crippen LogP contribution is -2.33. The molecule has 2 aromatic rings. The lowest BCUT2D eigenvalue weighted by Gasteiger charge is -2.31. The van der Waals surface area contributed by atoms with E-state index in [0.29, 0.717) is 26.9 Å². The molecule has 0 aliphatic carbocycles. The fraction of sp³-hybridized carbons (Fsp3) is 0.368. The van der Waals surface area contributed by atoms with Crippen LogP contribution in [0.4, 0.5) is 5.69 Å². The zero-order valence-electron chi connectivity index (χ0n) is 14.6. The third kappa shape index (κ3) is 4.38. The van der Waals surface area contributed by atoms with Crippen molar-refractivity contribution in [1.29, 1.82) is 0 Å². The number of benzene rings is 1. The number of anilines is 1. The predicted molar refractivity (Wildman–Crippen MR) is 106 cm³/mol. The first-order valence-corrected chi connectivity index (χ1v) is 10.2. The van der Waals surface area contributed by atoms with Crippen LogP contribution in [0.25, 0.3) is 0 Å². The molecule has 138 valence electrons. The topological polar surface area (TPSA) is 65.5 Å². The molecule has 1 aromatic carbocycles. The number of nitrogens with one attached hydrogen (secondary N) is 1. The molecule has 2 N–H and O–H groups in total. The Morgan fingerprint density at radius 2 is 2.08 bits per heavy atom. The van der Waals surface area contributed by atoms with Gasteiger partial charge in [-0.3, -0.25) is 9.69 Å². The molecule has 0 bridgehead atoms. The van der Waals surface area contributed by atoms with Gasteiger partial charge < -0.3 is 10.4 Å². The molecule has 0 spiro atoms. The number of aliphatic hydroxyl groups excluding tert-OH is 1. The molecule has 1 fully saturated rings. The molecule has 1 atom stereocenters. The maximum Gasteiger partial charge on any atom is 0.258 e. The van der Waals surface area contributed by atoms with Crippen molar-refractivity contribution in [3.63, 3.8) is 0 Å². The number of hydrogen-bond donors (Lipinski definition) is 2. The molecule has 7 heteroatoms. The highest BCUT2D eigenvalue weighted by Gasteiger charge is 2.22. The van der Waals surface area contributed by atoms with E-state index in [4.69, 9.17) is 11.6 Å². The fourth-order valence-corrected chi connectivity index (χ4v) is 3.87. The second-order valence-corrected chi connectivity index (χ2v) is 7.42. The Hall–Kier alpha value is -1.60. The number of likely N-dealkylation sites (tertiary alicyclic amines) is 1. The van der Waals surface area contributed by atoms with Crippen LogP contribution in [0.2, 0.25) is 5.02 Å². The molecule has 2 heterocycles. The average Bonchev–Trinajstić information content (AvgIpc) is 2.69. The first-order chi connectivity index (χ1) is 12.6. The van der Waals surface area contributed by atoms with E-state index in [0.717, 1.165) is 25.9 Å². The summed E-state index contributed by atoms with van der Waals surface area (Å²) in [5.74, 6) is -0.233. The van der Waals surface area contributed by atoms with Gasteiger partial charge in [0.1, 0.15) is 11.3 Å². The van der Waals surface area contributed by atoms with E-state index in [1.54, 1.807) is 36.5 Å². The number of piperidine rings is 1. The zero-order valence-corrected chi connectivity index (χ0v) is 16.2. The number of carbonyl (C=O) groups excluding carboxylic acids is 1. The summed E-state index contributed by atoms with van der Waals surface area (Å²) in [5.41, 5.74) is 1.73. The van der Waals surface area contributed by atoms with Gasteiger partial charge in [-0.25, -0.2) is 4.98 Å². The van der Waals surface area contributed by atoms with Crippen molar-refractivity contribution >= 4 is 35.0 Å². The Morgan fingerprint density at radius 3 is 2.81 bits per heavy atom. The van der Waals surface area contributed by atoms with Gasteiger partial charge in [-0.15, -0.1) is 11.8 Å². The largest absolute Gasteiger partial charge is 0.374 e. The van der Waals surface area contributed by atoms with Gasteiger partial charge in [0, 0.05) is 35.6 Å². The van der Waals surface area contributed by atoms with E-state index in [-0.39, 0.29) is 5.91 Å². The van der Waals surface area contributed by atoms with Gasteiger partial charge >= 0.3 is 0 Å². The normalized spacial score (nSPS) is 16.3. The highest BCUT2D eigenvalue weighted by atomic mass is 35.5. The summed E-state index contributed by atoms with van der Waals surface area (Å²) in [6.45, 7) is 1.70. The molecule has 1 unspecified atom stereocenters. The number of rotatable bonds is 5. The number of carbonyl (C=O) groups is 1. The lowest BCUT2D eigenvalue weighted by atomic mass is 10.1. The van der Waals surface area contributed by atoms with E-state index in [1.165, 1.54) is 18.2 Å². The Morgan fingerprint density at radius 1 is 1.31 bits per heavy atom. The van der Waals surface area contributed by atoms with E-state index in [9.17, 15) is 9.90 Å². The van der Waals surface area contributed by atoms with Crippen LogP contribution in [0.3, 0.4) is 0 Å². The summed E-state index contributed by atoms with van der Waals surface area (Å²) in [6, 6.07) is 8.67. The zero-order chi connectivity index (χ0) is 18.5. The Balaban J connectivity index is 1.79. The molecule has 5 nitrogen and oxygen atoms in total. The van der Waals surface area contributed by atoms with Crippen LogP contribution in [0.15, 0.2) is 41.6 Å². The summed E-state index contributed by atoms with van der Waals surface area (Å²) in [4.78, 5) is 18.8. The third-order valence-electron chi connectivity index (χ3n) is 4.48. The van der Waals surface area contributed by atoms with Crippen molar-refractivity contribution in [2.24, 2.45) is 0 Å². The number of halogens is 1. The van der Waals surface area contributed by atoms with Gasteiger partial charge in [0.05, 0.1) is 5.56 Å². The van der Waals surface area contributed by atoms with Crippen molar-refractivity contribution in [2.75, 3.05) is 24.7 Å². The molecule has 0 radical (unpaired) electrons. The lowest BCUT2D eigenvalue weighted by molar-refractivity contribution is -0.00972. The summed E-state index contributed by atoms with van der Waals surface area (Å²) in [5, 5.41) is 14.7. The molecule has 3 rings (SSSR count). The quantitative estimate of drug-likeness (QED) is 0.748. The molecule has 1 aromatic heterocycles. The van der Waals surface area contributed by atoms with Crippen molar-refractivity contribution in [3.05, 3.63) is 52.7 Å². The van der Waals surface area contributed by atoms with Crippen molar-refractivity contribution in [1.82, 2.24) is 9.88 Å². The number of nitrogens with zero attached hydrogens (tertiary/aromatic N) is 2. The van der Waals surface area contributed by atoms with E-state index >= 15 is 0 Å². The maximum absolute atomic E-state index is 12.6. The van der Waals surface area contributed by atoms with Gasteiger partial charge in [0.25, 0.3) is 5.91 Å². The predicted octanol–water partition coefficient (Wildman–Crippen LogP) is 4.19. The Labute approximate surface area is 162 Å². The summed E-state index contributed by atoms with van der Waals surface area (Å²) >= 11 is 7.72. The van der Waals surface area contributed by atoms with Crippen LogP contribution in [0.1, 0.15) is 41.4 Å². The molecule has 1 amide bonds. The second kappa shape index (κ2) is 8.86. The van der Waals surface area contributed by atoms with Crippen LogP contribution >= 0.6 is 23.4 Å². The third-order valence-corrected chi connectivity index (χ3v) is 5.53. The smallest absolute Gasteiger partial charge is 0.258 e. The first-order valence-electron chi connectivity index (χ1n) is 8.62. The fourth-order valence-electron chi connectivity index (χ4n) is 3.10. The van der Waals surface area contributed by atoms with E-state index < -0.39 is 6.23 Å². The van der Waals surface area contributed by atoms with Crippen molar-refractivity contribution < 1.29 is 9.90 Å². The van der Waals surface area contributed by atoms with Crippen LogP contribution in [0.5, 0.6) is 0 Å². The Kier molecular flexibility index (Phi) is 6.53. The molecule has 26 heavy (non-hydrogen) atoms. The number of thioether (sulfide) groups is 1. The molecular weight excluding hydrogens is 370 g/mol. The van der Waals surface area contributed by atoms with Gasteiger partial charge in [-0.1, -0.05) is 18.0 Å². The monoisotopic (exact) mass is 391 g/mol. The van der Waals surface area contributed by atoms with Gasteiger partial charge in [-0.2, -0.15) is 0 Å². The average molecular weight is 392 g/mol.